The topological polar surface area (TPSA) is 111 Å². The fraction of sp³-hybridized carbons (Fsp3) is 0.556. The van der Waals surface area contributed by atoms with E-state index < -0.39 is 18.1 Å². The van der Waals surface area contributed by atoms with Crippen LogP contribution in [0.2, 0.25) is 0 Å². The summed E-state index contributed by atoms with van der Waals surface area (Å²) in [6, 6.07) is 3.30. The maximum atomic E-state index is 13.7. The van der Waals surface area contributed by atoms with Crippen molar-refractivity contribution in [2.45, 2.75) is 66.1 Å². The molecular weight excluding hydrogens is 567 g/mol. The maximum Gasteiger partial charge on any atom is 0.405 e. The van der Waals surface area contributed by atoms with Crippen molar-refractivity contribution < 1.29 is 54.4 Å². The van der Waals surface area contributed by atoms with Gasteiger partial charge in [0.05, 0.1) is 25.9 Å². The minimum atomic E-state index is -4.49. The van der Waals surface area contributed by atoms with Crippen LogP contribution in [0.4, 0.5) is 19.1 Å². The number of nitrogens with one attached hydrogen (secondary N) is 1. The number of halogens is 4. The summed E-state index contributed by atoms with van der Waals surface area (Å²) in [5.74, 6) is 0.572. The van der Waals surface area contributed by atoms with E-state index in [0.717, 1.165) is 5.56 Å². The lowest BCUT2D eigenvalue weighted by atomic mass is 9.84. The van der Waals surface area contributed by atoms with Crippen LogP contribution in [-0.4, -0.2) is 65.3 Å². The zero-order chi connectivity index (χ0) is 29.8. The average Bonchev–Trinajstić information content (AvgIpc) is 3.21. The van der Waals surface area contributed by atoms with Crippen LogP contribution in [-0.2, 0) is 12.0 Å². The second-order valence-corrected chi connectivity index (χ2v) is 10.3. The number of methoxy groups -OCH3 is 1. The van der Waals surface area contributed by atoms with Crippen molar-refractivity contribution in [1.29, 1.82) is 0 Å². The first-order valence-electron chi connectivity index (χ1n) is 12.9. The number of aliphatic hydroxyl groups is 1. The fourth-order valence-electron chi connectivity index (χ4n) is 4.14. The van der Waals surface area contributed by atoms with Crippen LogP contribution in [0.3, 0.4) is 0 Å². The summed E-state index contributed by atoms with van der Waals surface area (Å²) < 4.78 is 58.7. The lowest BCUT2D eigenvalue weighted by Gasteiger charge is -2.25. The highest BCUT2D eigenvalue weighted by Crippen LogP contribution is 2.40. The number of rotatable bonds is 12. The third kappa shape index (κ3) is 7.91. The zero-order valence-electron chi connectivity index (χ0n) is 24.3. The van der Waals surface area contributed by atoms with E-state index in [4.69, 9.17) is 19.3 Å². The second-order valence-electron chi connectivity index (χ2n) is 10.3. The summed E-state index contributed by atoms with van der Waals surface area (Å²) in [4.78, 5) is 13.7. The number of nitrogens with zero attached hydrogens (tertiary/aromatic N) is 4. The molecule has 14 heteroatoms. The molecule has 0 bridgehead atoms. The third-order valence-corrected chi connectivity index (χ3v) is 6.24. The highest BCUT2D eigenvalue weighted by atomic mass is 35.5. The van der Waals surface area contributed by atoms with Gasteiger partial charge in [-0.25, -0.2) is 0 Å². The summed E-state index contributed by atoms with van der Waals surface area (Å²) in [6.07, 6.45) is -4.10. The number of alkyl halides is 3. The van der Waals surface area contributed by atoms with Gasteiger partial charge in [-0.2, -0.15) is 13.2 Å². The van der Waals surface area contributed by atoms with Gasteiger partial charge in [-0.05, 0) is 48.5 Å². The molecule has 0 unspecified atom stereocenters. The van der Waals surface area contributed by atoms with Gasteiger partial charge < -0.3 is 37.0 Å². The predicted octanol–water partition coefficient (Wildman–Crippen LogP) is 0.961. The van der Waals surface area contributed by atoms with Crippen LogP contribution in [0, 0.1) is 13.8 Å². The van der Waals surface area contributed by atoms with Gasteiger partial charge in [-0.15, -0.1) is 4.68 Å². The quantitative estimate of drug-likeness (QED) is 0.179. The second kappa shape index (κ2) is 13.6. The standard InChI is InChI=1S/C27H37F3N5O5.ClH/c1-8-39-23-16(2)17(3)24-34(33-25(35(24)32-23)31-15-27(28,29)30)14-20(37)18-12-19(26(4,5)6)22(38-7)21(13-18)40-11-9-10-36;/h12-13,36H,8-11,14-15H2,1-7H3,(H,31,33);1H/q+1;/p-1. The number of Topliss-reactive ketones (excluding diaryl/α,β-unsaturated/α-hetero) is 1. The summed E-state index contributed by atoms with van der Waals surface area (Å²) in [6.45, 7) is 10.1. The molecule has 0 atom stereocenters. The zero-order valence-corrected chi connectivity index (χ0v) is 25.0. The lowest BCUT2D eigenvalue weighted by Crippen LogP contribution is -3.00. The number of ketones is 1. The molecule has 10 nitrogen and oxygen atoms in total. The van der Waals surface area contributed by atoms with E-state index in [1.807, 2.05) is 20.8 Å². The average molecular weight is 604 g/mol. The highest BCUT2D eigenvalue weighted by Gasteiger charge is 2.33. The highest BCUT2D eigenvalue weighted by molar-refractivity contribution is 5.96. The number of benzene rings is 1. The molecule has 0 aliphatic carbocycles. The van der Waals surface area contributed by atoms with Crippen molar-refractivity contribution in [3.05, 3.63) is 34.4 Å². The van der Waals surface area contributed by atoms with Crippen molar-refractivity contribution >= 4 is 17.4 Å². The van der Waals surface area contributed by atoms with E-state index in [1.54, 1.807) is 32.9 Å². The minimum absolute atomic E-state index is 0. The Labute approximate surface area is 243 Å². The van der Waals surface area contributed by atoms with E-state index in [2.05, 4.69) is 15.5 Å². The maximum absolute atomic E-state index is 13.7. The van der Waals surface area contributed by atoms with Crippen molar-refractivity contribution in [2.24, 2.45) is 0 Å². The third-order valence-electron chi connectivity index (χ3n) is 6.24. The Bertz CT molecular complexity index is 1370. The van der Waals surface area contributed by atoms with E-state index in [-0.39, 0.29) is 49.8 Å². The van der Waals surface area contributed by atoms with E-state index in [9.17, 15) is 18.0 Å². The molecule has 0 radical (unpaired) electrons. The van der Waals surface area contributed by atoms with Crippen molar-refractivity contribution in [3.8, 4) is 17.4 Å². The van der Waals surface area contributed by atoms with Gasteiger partial charge in [0.15, 0.2) is 18.0 Å². The molecule has 0 amide bonds. The van der Waals surface area contributed by atoms with Crippen LogP contribution in [0.25, 0.3) is 5.65 Å². The number of aromatic nitrogens is 4. The molecular formula is C27H37ClF3N5O5. The number of ether oxygens (including phenoxy) is 3. The molecule has 0 saturated heterocycles. The van der Waals surface area contributed by atoms with Crippen LogP contribution in [0.15, 0.2) is 12.1 Å². The Balaban J connectivity index is 0.00000588. The number of anilines is 1. The fourth-order valence-corrected chi connectivity index (χ4v) is 4.14. The SMILES string of the molecule is CCOc1nn2c(NCC(F)(F)F)n[n+](CC(=O)c3cc(OCCCO)c(OC)c(C(C)(C)C)c3)c2c(C)c1C.[Cl-]. The van der Waals surface area contributed by atoms with E-state index in [0.29, 0.717) is 46.9 Å². The molecule has 41 heavy (non-hydrogen) atoms. The summed E-state index contributed by atoms with van der Waals surface area (Å²) >= 11 is 0. The van der Waals surface area contributed by atoms with Gasteiger partial charge in [-0.3, -0.25) is 4.79 Å². The molecule has 1 aromatic carbocycles. The van der Waals surface area contributed by atoms with Gasteiger partial charge in [-0.1, -0.05) is 25.3 Å². The van der Waals surface area contributed by atoms with Crippen LogP contribution in [0.5, 0.6) is 17.4 Å². The van der Waals surface area contributed by atoms with Gasteiger partial charge in [0.25, 0.3) is 5.88 Å². The Hall–Kier alpha value is -3.32. The number of aryl methyl sites for hydroxylation is 1. The monoisotopic (exact) mass is 603 g/mol. The predicted molar refractivity (Wildman–Crippen MR) is 142 cm³/mol. The Morgan fingerprint density at radius 1 is 1.15 bits per heavy atom. The van der Waals surface area contributed by atoms with Crippen LogP contribution < -0.4 is 36.6 Å². The van der Waals surface area contributed by atoms with Crippen molar-refractivity contribution in [1.82, 2.24) is 14.7 Å². The molecule has 3 aromatic rings. The number of hydrogen-bond donors (Lipinski definition) is 2. The van der Waals surface area contributed by atoms with E-state index in [1.165, 1.54) is 16.3 Å². The number of hydrogen-bond acceptors (Lipinski definition) is 8. The molecule has 0 aliphatic rings. The minimum Gasteiger partial charge on any atom is -1.00 e. The van der Waals surface area contributed by atoms with Crippen LogP contribution in [0.1, 0.15) is 61.2 Å². The van der Waals surface area contributed by atoms with Crippen molar-refractivity contribution in [2.75, 3.05) is 38.8 Å². The van der Waals surface area contributed by atoms with Gasteiger partial charge >= 0.3 is 17.8 Å². The molecule has 3 rings (SSSR count). The summed E-state index contributed by atoms with van der Waals surface area (Å²) in [5.41, 5.74) is 2.32. The van der Waals surface area contributed by atoms with Crippen LogP contribution >= 0.6 is 0 Å². The number of aliphatic hydroxyl groups excluding tert-OH is 1. The molecule has 228 valence electrons. The first-order chi connectivity index (χ1) is 18.7. The molecule has 0 saturated carbocycles. The van der Waals surface area contributed by atoms with Gasteiger partial charge in [0.2, 0.25) is 5.78 Å². The van der Waals surface area contributed by atoms with Gasteiger partial charge in [0, 0.05) is 29.7 Å². The van der Waals surface area contributed by atoms with E-state index >= 15 is 0 Å². The summed E-state index contributed by atoms with van der Waals surface area (Å²) in [7, 11) is 1.52. The van der Waals surface area contributed by atoms with Gasteiger partial charge in [0.1, 0.15) is 6.54 Å². The summed E-state index contributed by atoms with van der Waals surface area (Å²) in [5, 5.41) is 20.1. The number of carbonyl (C=O) groups excluding carboxylic acids is 1. The molecule has 0 spiro atoms. The number of fused-ring (bicyclic) bond motifs is 1. The first kappa shape index (κ1) is 33.9. The Morgan fingerprint density at radius 3 is 2.39 bits per heavy atom. The Morgan fingerprint density at radius 2 is 1.83 bits per heavy atom. The molecule has 2 heterocycles. The molecule has 0 aliphatic heterocycles. The molecule has 0 fully saturated rings. The first-order valence-corrected chi connectivity index (χ1v) is 12.9. The normalized spacial score (nSPS) is 11.8. The largest absolute Gasteiger partial charge is 1.00 e. The smallest absolute Gasteiger partial charge is 0.405 e. The number of carbonyl (C=O) groups is 1. The lowest BCUT2D eigenvalue weighted by molar-refractivity contribution is -0.714. The molecule has 2 aromatic heterocycles. The van der Waals surface area contributed by atoms with Crippen molar-refractivity contribution in [3.63, 3.8) is 0 Å². The molecule has 2 N–H and O–H groups in total. The Kier molecular flexibility index (Phi) is 11.2.